The van der Waals surface area contributed by atoms with Gasteiger partial charge in [0.15, 0.2) is 5.96 Å². The van der Waals surface area contributed by atoms with Gasteiger partial charge >= 0.3 is 0 Å². The summed E-state index contributed by atoms with van der Waals surface area (Å²) in [5, 5.41) is 4.71. The minimum Gasteiger partial charge on any atom is -0.357 e. The van der Waals surface area contributed by atoms with E-state index < -0.39 is 0 Å². The van der Waals surface area contributed by atoms with Crippen LogP contribution in [0.4, 0.5) is 0 Å². The first-order chi connectivity index (χ1) is 11.2. The highest BCUT2D eigenvalue weighted by Gasteiger charge is 2.41. The van der Waals surface area contributed by atoms with E-state index in [9.17, 15) is 0 Å². The lowest BCUT2D eigenvalue weighted by atomic mass is 9.86. The van der Waals surface area contributed by atoms with Gasteiger partial charge in [-0.1, -0.05) is 19.8 Å². The number of nitrogens with zero attached hydrogens (tertiary/aromatic N) is 3. The topological polar surface area (TPSA) is 40.5 Å². The Morgan fingerprint density at radius 3 is 2.79 bits per heavy atom. The maximum Gasteiger partial charge on any atom is 0.193 e. The van der Waals surface area contributed by atoms with Gasteiger partial charge in [-0.15, -0.1) is 35.3 Å². The first-order valence-corrected chi connectivity index (χ1v) is 10.0. The lowest BCUT2D eigenvalue weighted by Gasteiger charge is -2.25. The van der Waals surface area contributed by atoms with Crippen molar-refractivity contribution in [3.63, 3.8) is 0 Å². The fourth-order valence-electron chi connectivity index (χ4n) is 3.96. The average Bonchev–Trinajstić information content (AvgIpc) is 3.29. The summed E-state index contributed by atoms with van der Waals surface area (Å²) in [4.78, 5) is 13.2. The summed E-state index contributed by atoms with van der Waals surface area (Å²) in [6, 6.07) is 0. The summed E-state index contributed by atoms with van der Waals surface area (Å²) >= 11 is 1.83. The first kappa shape index (κ1) is 19.9. The number of guanidine groups is 1. The summed E-state index contributed by atoms with van der Waals surface area (Å²) in [5.41, 5.74) is 0.599. The van der Waals surface area contributed by atoms with E-state index in [1.165, 1.54) is 55.1 Å². The summed E-state index contributed by atoms with van der Waals surface area (Å²) < 4.78 is 0. The van der Waals surface area contributed by atoms with Gasteiger partial charge in [0.25, 0.3) is 0 Å². The van der Waals surface area contributed by atoms with Gasteiger partial charge in [0.2, 0.25) is 0 Å². The van der Waals surface area contributed by atoms with Crippen molar-refractivity contribution >= 4 is 41.3 Å². The van der Waals surface area contributed by atoms with Gasteiger partial charge in [0.1, 0.15) is 0 Å². The van der Waals surface area contributed by atoms with Gasteiger partial charge in [-0.3, -0.25) is 4.99 Å². The molecule has 1 N–H and O–H groups in total. The van der Waals surface area contributed by atoms with Crippen LogP contribution in [0.15, 0.2) is 11.2 Å². The Kier molecular flexibility index (Phi) is 7.78. The van der Waals surface area contributed by atoms with Crippen LogP contribution in [-0.2, 0) is 12.8 Å². The van der Waals surface area contributed by atoms with Crippen LogP contribution in [0.2, 0.25) is 0 Å². The number of hydrogen-bond donors (Lipinski definition) is 1. The Hall–Kier alpha value is -0.370. The Morgan fingerprint density at radius 1 is 1.33 bits per heavy atom. The number of hydrogen-bond acceptors (Lipinski definition) is 3. The van der Waals surface area contributed by atoms with Crippen LogP contribution >= 0.6 is 35.3 Å². The number of aliphatic imine (C=N–C) groups is 1. The molecule has 4 nitrogen and oxygen atoms in total. The number of nitrogens with one attached hydrogen (secondary N) is 1. The van der Waals surface area contributed by atoms with E-state index in [1.54, 1.807) is 0 Å². The second-order valence-electron chi connectivity index (χ2n) is 6.94. The minimum atomic E-state index is 0. The standard InChI is InChI=1S/C18H30N4S.HI/c1-3-15-13-21-16(23-15)7-11-20-17(19-4-2)22-12-10-18(14-22)8-5-6-9-18;/h13H,3-12,14H2,1-2H3,(H,19,20);1H. The van der Waals surface area contributed by atoms with Crippen molar-refractivity contribution in [3.05, 3.63) is 16.1 Å². The lowest BCUT2D eigenvalue weighted by Crippen LogP contribution is -2.41. The molecule has 0 bridgehead atoms. The zero-order chi connectivity index (χ0) is 16.1. The highest BCUT2D eigenvalue weighted by atomic mass is 127. The Morgan fingerprint density at radius 2 is 2.12 bits per heavy atom. The van der Waals surface area contributed by atoms with Gasteiger partial charge < -0.3 is 10.2 Å². The van der Waals surface area contributed by atoms with Crippen LogP contribution in [0.1, 0.15) is 55.8 Å². The highest BCUT2D eigenvalue weighted by Crippen LogP contribution is 2.45. The van der Waals surface area contributed by atoms with Crippen LogP contribution < -0.4 is 5.32 Å². The molecular weight excluding hydrogens is 431 g/mol. The average molecular weight is 462 g/mol. The van der Waals surface area contributed by atoms with Crippen molar-refractivity contribution in [2.45, 2.75) is 58.8 Å². The number of halogens is 1. The largest absolute Gasteiger partial charge is 0.357 e. The molecule has 0 aromatic carbocycles. The normalized spacial score (nSPS) is 19.8. The summed E-state index contributed by atoms with van der Waals surface area (Å²) in [6.45, 7) is 8.50. The maximum absolute atomic E-state index is 4.88. The lowest BCUT2D eigenvalue weighted by molar-refractivity contribution is 0.309. The summed E-state index contributed by atoms with van der Waals surface area (Å²) in [7, 11) is 0. The van der Waals surface area contributed by atoms with E-state index >= 15 is 0 Å². The second-order valence-corrected chi connectivity index (χ2v) is 8.14. The van der Waals surface area contributed by atoms with Gasteiger partial charge in [-0.25, -0.2) is 4.98 Å². The van der Waals surface area contributed by atoms with Gasteiger partial charge in [0.05, 0.1) is 5.01 Å². The van der Waals surface area contributed by atoms with E-state index in [-0.39, 0.29) is 24.0 Å². The fraction of sp³-hybridized carbons (Fsp3) is 0.778. The van der Waals surface area contributed by atoms with Crippen LogP contribution in [-0.4, -0.2) is 42.0 Å². The molecule has 2 heterocycles. The number of aromatic nitrogens is 1. The predicted molar refractivity (Wildman–Crippen MR) is 114 cm³/mol. The molecule has 2 aliphatic rings. The third-order valence-corrected chi connectivity index (χ3v) is 6.48. The second kappa shape index (κ2) is 9.36. The van der Waals surface area contributed by atoms with Gasteiger partial charge in [-0.05, 0) is 38.0 Å². The van der Waals surface area contributed by atoms with Gasteiger partial charge in [-0.2, -0.15) is 0 Å². The molecule has 1 aliphatic heterocycles. The molecule has 6 heteroatoms. The van der Waals surface area contributed by atoms with Crippen molar-refractivity contribution in [2.75, 3.05) is 26.2 Å². The monoisotopic (exact) mass is 462 g/mol. The number of rotatable bonds is 5. The molecular formula is C18H31IN4S. The van der Waals surface area contributed by atoms with Crippen molar-refractivity contribution in [3.8, 4) is 0 Å². The number of aryl methyl sites for hydroxylation is 1. The zero-order valence-electron chi connectivity index (χ0n) is 15.0. The highest BCUT2D eigenvalue weighted by molar-refractivity contribution is 14.0. The van der Waals surface area contributed by atoms with E-state index in [4.69, 9.17) is 4.99 Å². The van der Waals surface area contributed by atoms with Crippen LogP contribution in [0, 0.1) is 5.41 Å². The van der Waals surface area contributed by atoms with Crippen molar-refractivity contribution < 1.29 is 0 Å². The van der Waals surface area contributed by atoms with Gasteiger partial charge in [0, 0.05) is 43.7 Å². The molecule has 0 radical (unpaired) electrons. The fourth-order valence-corrected chi connectivity index (χ4v) is 4.81. The molecule has 1 aromatic rings. The molecule has 1 aromatic heterocycles. The molecule has 3 rings (SSSR count). The SMILES string of the molecule is CCNC(=NCCc1ncc(CC)s1)N1CCC2(CCCC2)C1.I. The molecule has 24 heavy (non-hydrogen) atoms. The Bertz CT molecular complexity index is 537. The summed E-state index contributed by atoms with van der Waals surface area (Å²) in [6.07, 6.45) is 11.1. The molecule has 0 unspecified atom stereocenters. The third kappa shape index (κ3) is 4.84. The zero-order valence-corrected chi connectivity index (χ0v) is 18.2. The van der Waals surface area contributed by atoms with E-state index in [0.717, 1.165) is 31.9 Å². The molecule has 1 saturated carbocycles. The van der Waals surface area contributed by atoms with Crippen molar-refractivity contribution in [2.24, 2.45) is 10.4 Å². The Labute approximate surface area is 167 Å². The van der Waals surface area contributed by atoms with E-state index in [0.29, 0.717) is 5.41 Å². The van der Waals surface area contributed by atoms with Crippen molar-refractivity contribution in [1.29, 1.82) is 0 Å². The first-order valence-electron chi connectivity index (χ1n) is 9.21. The van der Waals surface area contributed by atoms with E-state index in [1.807, 2.05) is 17.5 Å². The van der Waals surface area contributed by atoms with Crippen LogP contribution in [0.25, 0.3) is 0 Å². The summed E-state index contributed by atoms with van der Waals surface area (Å²) in [5.74, 6) is 1.11. The minimum absolute atomic E-state index is 0. The molecule has 136 valence electrons. The molecule has 2 fully saturated rings. The third-order valence-electron chi connectivity index (χ3n) is 5.27. The Balaban J connectivity index is 0.00000208. The molecule has 0 amide bonds. The molecule has 1 spiro atoms. The quantitative estimate of drug-likeness (QED) is 0.407. The molecule has 1 aliphatic carbocycles. The van der Waals surface area contributed by atoms with E-state index in [2.05, 4.69) is 29.0 Å². The predicted octanol–water partition coefficient (Wildman–Crippen LogP) is 4.10. The molecule has 0 atom stereocenters. The number of likely N-dealkylation sites (tertiary alicyclic amines) is 1. The van der Waals surface area contributed by atoms with Crippen LogP contribution in [0.5, 0.6) is 0 Å². The number of thiazole rings is 1. The van der Waals surface area contributed by atoms with Crippen LogP contribution in [0.3, 0.4) is 0 Å². The molecule has 1 saturated heterocycles. The smallest absolute Gasteiger partial charge is 0.193 e. The van der Waals surface area contributed by atoms with Crippen molar-refractivity contribution in [1.82, 2.24) is 15.2 Å². The maximum atomic E-state index is 4.88.